The van der Waals surface area contributed by atoms with E-state index in [1.165, 1.54) is 5.69 Å². The van der Waals surface area contributed by atoms with E-state index in [9.17, 15) is 0 Å². The summed E-state index contributed by atoms with van der Waals surface area (Å²) in [5.74, 6) is 1.56. The first-order valence-corrected chi connectivity index (χ1v) is 7.06. The van der Waals surface area contributed by atoms with Gasteiger partial charge in [0.25, 0.3) is 0 Å². The third kappa shape index (κ3) is 3.36. The van der Waals surface area contributed by atoms with Crippen molar-refractivity contribution in [2.24, 2.45) is 7.05 Å². The second-order valence-electron chi connectivity index (χ2n) is 4.91. The largest absolute Gasteiger partial charge is 0.493 e. The molecule has 2 aromatic rings. The SMILES string of the molecule is CNC(CCc1ccnn1C)c1cccc(OC)c1OC. The van der Waals surface area contributed by atoms with Crippen molar-refractivity contribution in [3.63, 3.8) is 0 Å². The standard InChI is InChI=1S/C16H23N3O2/c1-17-14(9-8-12-10-11-18-19(12)2)13-6-5-7-15(20-3)16(13)21-4/h5-7,10-11,14,17H,8-9H2,1-4H3. The molecule has 1 atom stereocenters. The Kier molecular flexibility index (Phi) is 5.22. The lowest BCUT2D eigenvalue weighted by Crippen LogP contribution is -2.18. The quantitative estimate of drug-likeness (QED) is 0.850. The first-order chi connectivity index (χ1) is 10.2. The lowest BCUT2D eigenvalue weighted by Gasteiger charge is -2.21. The molecule has 1 aromatic heterocycles. The van der Waals surface area contributed by atoms with Crippen LogP contribution in [0, 0.1) is 0 Å². The van der Waals surface area contributed by atoms with Crippen LogP contribution in [0.5, 0.6) is 11.5 Å². The van der Waals surface area contributed by atoms with E-state index in [0.29, 0.717) is 0 Å². The highest BCUT2D eigenvalue weighted by molar-refractivity contribution is 5.48. The van der Waals surface area contributed by atoms with Gasteiger partial charge in [0.15, 0.2) is 11.5 Å². The molecule has 0 fully saturated rings. The zero-order chi connectivity index (χ0) is 15.2. The van der Waals surface area contributed by atoms with E-state index < -0.39 is 0 Å². The average molecular weight is 289 g/mol. The van der Waals surface area contributed by atoms with Gasteiger partial charge in [-0.25, -0.2) is 0 Å². The molecular weight excluding hydrogens is 266 g/mol. The van der Waals surface area contributed by atoms with Crippen molar-refractivity contribution in [3.05, 3.63) is 41.7 Å². The summed E-state index contributed by atoms with van der Waals surface area (Å²) in [6.07, 6.45) is 3.73. The van der Waals surface area contributed by atoms with Gasteiger partial charge in [0.2, 0.25) is 0 Å². The van der Waals surface area contributed by atoms with Gasteiger partial charge in [-0.05, 0) is 32.0 Å². The van der Waals surface area contributed by atoms with Gasteiger partial charge in [0, 0.05) is 30.5 Å². The number of ether oxygens (including phenoxy) is 2. The fraction of sp³-hybridized carbons (Fsp3) is 0.438. The monoisotopic (exact) mass is 289 g/mol. The minimum atomic E-state index is 0.199. The minimum absolute atomic E-state index is 0.199. The van der Waals surface area contributed by atoms with E-state index >= 15 is 0 Å². The average Bonchev–Trinajstić information content (AvgIpc) is 2.92. The van der Waals surface area contributed by atoms with E-state index in [2.05, 4.69) is 22.5 Å². The molecule has 0 saturated carbocycles. The summed E-state index contributed by atoms with van der Waals surface area (Å²) in [7, 11) is 7.27. The van der Waals surface area contributed by atoms with E-state index in [0.717, 1.165) is 29.9 Å². The summed E-state index contributed by atoms with van der Waals surface area (Å²) in [5, 5.41) is 7.57. The summed E-state index contributed by atoms with van der Waals surface area (Å²) in [4.78, 5) is 0. The van der Waals surface area contributed by atoms with Gasteiger partial charge < -0.3 is 14.8 Å². The van der Waals surface area contributed by atoms with Crippen molar-refractivity contribution in [1.82, 2.24) is 15.1 Å². The number of hydrogen-bond acceptors (Lipinski definition) is 4. The summed E-state index contributed by atoms with van der Waals surface area (Å²) in [5.41, 5.74) is 2.33. The van der Waals surface area contributed by atoms with Crippen LogP contribution in [0.3, 0.4) is 0 Å². The number of para-hydroxylation sites is 1. The number of benzene rings is 1. The molecule has 1 aromatic carbocycles. The van der Waals surface area contributed by atoms with Gasteiger partial charge in [-0.15, -0.1) is 0 Å². The van der Waals surface area contributed by atoms with Crippen LogP contribution in [0.15, 0.2) is 30.5 Å². The Bertz CT molecular complexity index is 581. The molecule has 0 amide bonds. The fourth-order valence-corrected chi connectivity index (χ4v) is 2.58. The van der Waals surface area contributed by atoms with E-state index in [4.69, 9.17) is 9.47 Å². The van der Waals surface area contributed by atoms with E-state index in [1.807, 2.05) is 37.1 Å². The Balaban J connectivity index is 2.19. The van der Waals surface area contributed by atoms with Crippen molar-refractivity contribution in [1.29, 1.82) is 0 Å². The van der Waals surface area contributed by atoms with Crippen molar-refractivity contribution in [2.45, 2.75) is 18.9 Å². The normalized spacial score (nSPS) is 12.2. The van der Waals surface area contributed by atoms with Crippen LogP contribution in [0.25, 0.3) is 0 Å². The molecule has 0 aliphatic carbocycles. The van der Waals surface area contributed by atoms with Gasteiger partial charge in [0.1, 0.15) is 0 Å². The molecular formula is C16H23N3O2. The Morgan fingerprint density at radius 2 is 2.05 bits per heavy atom. The van der Waals surface area contributed by atoms with Crippen molar-refractivity contribution in [3.8, 4) is 11.5 Å². The predicted octanol–water partition coefficient (Wildman–Crippen LogP) is 2.33. The van der Waals surface area contributed by atoms with E-state index in [1.54, 1.807) is 14.2 Å². The molecule has 2 rings (SSSR count). The van der Waals surface area contributed by atoms with Gasteiger partial charge in [-0.3, -0.25) is 4.68 Å². The molecule has 1 N–H and O–H groups in total. The molecule has 0 aliphatic heterocycles. The highest BCUT2D eigenvalue weighted by Crippen LogP contribution is 2.35. The number of nitrogens with zero attached hydrogens (tertiary/aromatic N) is 2. The molecule has 5 heteroatoms. The zero-order valence-corrected chi connectivity index (χ0v) is 13.1. The number of hydrogen-bond donors (Lipinski definition) is 1. The molecule has 0 aliphatic rings. The number of aryl methyl sites for hydroxylation is 2. The lowest BCUT2D eigenvalue weighted by atomic mass is 9.99. The number of aromatic nitrogens is 2. The maximum Gasteiger partial charge on any atom is 0.165 e. The maximum absolute atomic E-state index is 5.53. The van der Waals surface area contributed by atoms with Gasteiger partial charge >= 0.3 is 0 Å². The Morgan fingerprint density at radius 1 is 1.24 bits per heavy atom. The molecule has 114 valence electrons. The second kappa shape index (κ2) is 7.13. The Hall–Kier alpha value is -2.01. The van der Waals surface area contributed by atoms with E-state index in [-0.39, 0.29) is 6.04 Å². The van der Waals surface area contributed by atoms with Crippen LogP contribution < -0.4 is 14.8 Å². The predicted molar refractivity (Wildman–Crippen MR) is 82.9 cm³/mol. The summed E-state index contributed by atoms with van der Waals surface area (Å²) >= 11 is 0. The molecule has 0 saturated heterocycles. The molecule has 0 spiro atoms. The number of methoxy groups -OCH3 is 2. The molecule has 0 radical (unpaired) electrons. The van der Waals surface area contributed by atoms with Crippen LogP contribution in [-0.4, -0.2) is 31.0 Å². The minimum Gasteiger partial charge on any atom is -0.493 e. The van der Waals surface area contributed by atoms with Crippen LogP contribution in [0.2, 0.25) is 0 Å². The third-order valence-electron chi connectivity index (χ3n) is 3.77. The summed E-state index contributed by atoms with van der Waals surface area (Å²) in [6.45, 7) is 0. The lowest BCUT2D eigenvalue weighted by molar-refractivity contribution is 0.346. The molecule has 1 unspecified atom stereocenters. The van der Waals surface area contributed by atoms with Gasteiger partial charge in [-0.1, -0.05) is 12.1 Å². The molecule has 5 nitrogen and oxygen atoms in total. The smallest absolute Gasteiger partial charge is 0.165 e. The molecule has 0 bridgehead atoms. The van der Waals surface area contributed by atoms with Gasteiger partial charge in [-0.2, -0.15) is 5.10 Å². The summed E-state index contributed by atoms with van der Waals surface area (Å²) in [6, 6.07) is 8.23. The highest BCUT2D eigenvalue weighted by Gasteiger charge is 2.18. The van der Waals surface area contributed by atoms with Crippen molar-refractivity contribution in [2.75, 3.05) is 21.3 Å². The topological polar surface area (TPSA) is 48.3 Å². The number of nitrogens with one attached hydrogen (secondary N) is 1. The third-order valence-corrected chi connectivity index (χ3v) is 3.77. The van der Waals surface area contributed by atoms with Crippen molar-refractivity contribution >= 4 is 0 Å². The van der Waals surface area contributed by atoms with Crippen LogP contribution >= 0.6 is 0 Å². The van der Waals surface area contributed by atoms with Crippen LogP contribution in [0.4, 0.5) is 0 Å². The van der Waals surface area contributed by atoms with Crippen LogP contribution in [-0.2, 0) is 13.5 Å². The maximum atomic E-state index is 5.53. The Morgan fingerprint density at radius 3 is 2.62 bits per heavy atom. The van der Waals surface area contributed by atoms with Gasteiger partial charge in [0.05, 0.1) is 14.2 Å². The Labute approximate surface area is 125 Å². The van der Waals surface area contributed by atoms with Crippen molar-refractivity contribution < 1.29 is 9.47 Å². The zero-order valence-electron chi connectivity index (χ0n) is 13.1. The first-order valence-electron chi connectivity index (χ1n) is 7.06. The fourth-order valence-electron chi connectivity index (χ4n) is 2.58. The first kappa shape index (κ1) is 15.4. The molecule has 1 heterocycles. The highest BCUT2D eigenvalue weighted by atomic mass is 16.5. The van der Waals surface area contributed by atoms with Crippen LogP contribution in [0.1, 0.15) is 23.7 Å². The molecule has 21 heavy (non-hydrogen) atoms. The number of rotatable bonds is 7. The summed E-state index contributed by atoms with van der Waals surface area (Å²) < 4.78 is 12.8. The second-order valence-corrected chi connectivity index (χ2v) is 4.91.